The van der Waals surface area contributed by atoms with Gasteiger partial charge < -0.3 is 93.1 Å². The van der Waals surface area contributed by atoms with E-state index in [4.69, 9.17) is 57.2 Å². The van der Waals surface area contributed by atoms with Crippen LogP contribution in [0.25, 0.3) is 0 Å². The average molecular weight is 2180 g/mol. The first-order valence-corrected chi connectivity index (χ1v) is 48.1. The predicted octanol–water partition coefficient (Wildman–Crippen LogP) is 14.9. The zero-order chi connectivity index (χ0) is 102. The summed E-state index contributed by atoms with van der Waals surface area (Å²) in [6.07, 6.45) is 18.4. The monoisotopic (exact) mass is 2170 g/mol. The summed E-state index contributed by atoms with van der Waals surface area (Å²) in [5.74, 6) is -2.13. The molecule has 0 unspecified atom stereocenters. The molecule has 0 radical (unpaired) electrons. The number of ether oxygens (including phenoxy) is 6. The Morgan fingerprint density at radius 3 is 0.921 bits per heavy atom. The lowest BCUT2D eigenvalue weighted by molar-refractivity contribution is 0.0405. The number of aryl methyl sites for hydroxylation is 4. The number of aromatic nitrogens is 12. The summed E-state index contributed by atoms with van der Waals surface area (Å²) in [4.78, 5) is 187. The van der Waals surface area contributed by atoms with Gasteiger partial charge in [-0.3, -0.25) is 56.6 Å². The van der Waals surface area contributed by atoms with Crippen molar-refractivity contribution in [3.63, 3.8) is 0 Å². The predicted molar refractivity (Wildman–Crippen MR) is 538 cm³/mol. The molecule has 44 nitrogen and oxygen atoms in total. The van der Waals surface area contributed by atoms with Crippen molar-refractivity contribution in [1.82, 2.24) is 79.4 Å². The number of nitrogens with one attached hydrogen (secondary N) is 7. The Kier molecular flexibility index (Phi) is 34.2. The van der Waals surface area contributed by atoms with Crippen LogP contribution in [0, 0.1) is 27.7 Å². The highest BCUT2D eigenvalue weighted by Crippen LogP contribution is 2.45. The Morgan fingerprint density at radius 1 is 0.400 bits per heavy atom. The number of halogens is 5. The SMILES string of the molecule is BrB(Br)Br.COc1c(Cl)ncnc1N(C(=O)OC(C)(C)C)C(=O)OC(C)(C)C.COc1c(Nc2cc(C)c3n(c2=O)C2(CCCCC2)NC3=O)ncnc1N(C(=O)OC(C)(C)C)C(=O)OC(C)(C)C.Cc1cc(N)c(=O)n2c1C(=O)NC21CCCCC1.Cc1cc(Nc2ncnc(N)c2O)c(=O)n2c1C(=O)NC21CCCCC1.Cc1cc(Nc2ncnc(N)c2O)c(=O)n2c1C(=O)NC21CCCCC1.Cl. The second kappa shape index (κ2) is 43.8. The highest BCUT2D eigenvalue weighted by atomic mass is 79.9. The van der Waals surface area contributed by atoms with Crippen molar-refractivity contribution in [2.45, 2.75) is 284 Å². The first-order chi connectivity index (χ1) is 65.1. The highest BCUT2D eigenvalue weighted by Gasteiger charge is 2.51. The van der Waals surface area contributed by atoms with Crippen molar-refractivity contribution in [1.29, 1.82) is 0 Å². The Bertz CT molecular complexity index is 6140. The third-order valence-electron chi connectivity index (χ3n) is 23.4. The molecule has 4 saturated carbocycles. The van der Waals surface area contributed by atoms with Crippen molar-refractivity contribution >= 4 is 186 Å². The van der Waals surface area contributed by atoms with Crippen molar-refractivity contribution < 1.29 is 77.0 Å². The standard InChI is InChI=1S/C28H38N6O7.2C17H20N6O3.C15H22ClN3O5.C13H17N3O2.BBr3.ClH/c1-16-14-17(23(36)34-18(16)22(35)32-28(34)12-10-9-11-13-28)31-20-19(39-8)21(30-15-29-20)33(24(37)40-26(2,3)4)25(38)41-27(5,6)7;2*1-9-7-10(21-14-12(24)13(18)19-8-20-14)16(26)23-11(9)15(25)22-17(23)5-3-2-4-6-17;1-14(2,3)23-12(20)19(13(21)24-15(4,5)6)11-9(22-7)10(16)17-8-18-11;1-8-7-9(14)12(18)16-10(8)11(17)15-13(16)5-3-2-4-6-13;2-1(3)4;/h14-15H,9-13H2,1-8H3,(H,32,35)(H,29,30,31);2*7-8,24H,2-6H2,1H3,(H,22,25)(H3,18,19,20,21);8H,1-7H3;7H,2-6,14H2,1H3,(H,15,17);;1H. The average Bonchev–Trinajstić information content (AvgIpc) is 1.55. The number of rotatable bonds is 10. The van der Waals surface area contributed by atoms with Gasteiger partial charge in [0.25, 0.3) is 45.9 Å². The van der Waals surface area contributed by atoms with Crippen molar-refractivity contribution in [3.8, 4) is 23.0 Å². The molecule has 4 fully saturated rings. The number of carbonyl (C=O) groups is 8. The van der Waals surface area contributed by atoms with Gasteiger partial charge in [-0.25, -0.2) is 59.0 Å². The number of nitrogen functional groups attached to an aromatic ring is 3. The molecule has 0 saturated heterocycles. The van der Waals surface area contributed by atoms with Crippen LogP contribution in [-0.4, -0.2) is 156 Å². The fourth-order valence-corrected chi connectivity index (χ4v) is 18.0. The number of fused-ring (bicyclic) bond motifs is 8. The van der Waals surface area contributed by atoms with Gasteiger partial charge in [0.1, 0.15) is 110 Å². The van der Waals surface area contributed by atoms with Gasteiger partial charge in [-0.2, -0.15) is 9.80 Å². The van der Waals surface area contributed by atoms with Gasteiger partial charge in [0.05, 0.1) is 19.9 Å². The zero-order valence-electron chi connectivity index (χ0n) is 81.0. The van der Waals surface area contributed by atoms with Gasteiger partial charge in [0.15, 0.2) is 51.6 Å². The van der Waals surface area contributed by atoms with E-state index < -0.39 is 75.0 Å². The quantitative estimate of drug-likeness (QED) is 0.0344. The van der Waals surface area contributed by atoms with Crippen LogP contribution in [0.3, 0.4) is 0 Å². The molecule has 16 rings (SSSR count). The molecule has 0 aromatic carbocycles. The molecule has 0 bridgehead atoms. The molecule has 8 amide bonds. The van der Waals surface area contributed by atoms with E-state index in [0.717, 1.165) is 134 Å². The lowest BCUT2D eigenvalue weighted by Gasteiger charge is -2.35. The summed E-state index contributed by atoms with van der Waals surface area (Å²) in [6, 6.07) is 6.34. The summed E-state index contributed by atoms with van der Waals surface area (Å²) in [5.41, 5.74) is 14.6. The smallest absolute Gasteiger partial charge is 0.425 e. The minimum atomic E-state index is -1.04. The zero-order valence-corrected chi connectivity index (χ0v) is 87.3. The van der Waals surface area contributed by atoms with Crippen LogP contribution < -0.4 is 95.9 Å². The molecule has 0 atom stereocenters. The molecule has 15 N–H and O–H groups in total. The van der Waals surface area contributed by atoms with E-state index in [-0.39, 0.29) is 148 Å². The molecule has 50 heteroatoms. The lowest BCUT2D eigenvalue weighted by Crippen LogP contribution is -2.48. The van der Waals surface area contributed by atoms with E-state index in [9.17, 15) is 67.7 Å². The number of nitrogens with zero attached hydrogens (tertiary/aromatic N) is 14. The molecular formula is C90H118BBr3Cl2N24O20. The van der Waals surface area contributed by atoms with E-state index >= 15 is 0 Å². The third-order valence-corrected chi connectivity index (χ3v) is 23.7. The lowest BCUT2D eigenvalue weighted by atomic mass is 9.89. The number of anilines is 11. The van der Waals surface area contributed by atoms with Crippen LogP contribution in [0.2, 0.25) is 5.15 Å². The minimum Gasteiger partial charge on any atom is -0.502 e. The summed E-state index contributed by atoms with van der Waals surface area (Å²) < 4.78 is 38.7. The van der Waals surface area contributed by atoms with Gasteiger partial charge in [0.2, 0.25) is 17.2 Å². The second-order valence-corrected chi connectivity index (χ2v) is 45.2. The summed E-state index contributed by atoms with van der Waals surface area (Å²) >= 11 is 15.3. The molecule has 8 aromatic heterocycles. The van der Waals surface area contributed by atoms with E-state index in [1.54, 1.807) is 146 Å². The highest BCUT2D eigenvalue weighted by molar-refractivity contribution is 9.69. The Balaban J connectivity index is 0.000000182. The Hall–Kier alpha value is -12.4. The number of methoxy groups -OCH3 is 2. The normalized spacial score (nSPS) is 16.2. The number of pyridine rings is 4. The van der Waals surface area contributed by atoms with Crippen LogP contribution in [0.1, 0.15) is 276 Å². The van der Waals surface area contributed by atoms with Crippen molar-refractivity contribution in [3.05, 3.63) is 141 Å². The molecule has 8 aromatic rings. The van der Waals surface area contributed by atoms with Gasteiger partial charge >= 0.3 is 27.6 Å². The first kappa shape index (κ1) is 110. The molecule has 4 spiro atoms. The minimum absolute atomic E-state index is 0. The molecule has 4 aliphatic heterocycles. The summed E-state index contributed by atoms with van der Waals surface area (Å²) in [5, 5.41) is 40.7. The molecule has 8 aliphatic rings. The number of hydrogen-bond donors (Lipinski definition) is 12. The molecular weight excluding hydrogens is 2060 g/mol. The van der Waals surface area contributed by atoms with Crippen molar-refractivity contribution in [2.75, 3.05) is 57.2 Å². The van der Waals surface area contributed by atoms with Crippen molar-refractivity contribution in [2.24, 2.45) is 0 Å². The third kappa shape index (κ3) is 24.2. The maximum absolute atomic E-state index is 13.9. The largest absolute Gasteiger partial charge is 0.502 e. The van der Waals surface area contributed by atoms with Crippen LogP contribution in [0.4, 0.5) is 82.7 Å². The van der Waals surface area contributed by atoms with E-state index in [0.29, 0.717) is 62.1 Å². The van der Waals surface area contributed by atoms with E-state index in [1.807, 2.05) is 6.92 Å². The molecule has 4 aliphatic carbocycles. The fraction of sp³-hybridized carbons (Fsp3) is 0.511. The number of nitrogens with two attached hydrogens (primary N) is 3. The number of hydrogen-bond acceptors (Lipinski definition) is 34. The fourth-order valence-electron chi connectivity index (χ4n) is 17.8. The maximum atomic E-state index is 13.9. The number of amides is 8. The van der Waals surface area contributed by atoms with Gasteiger partial charge in [-0.1, -0.05) is 37.3 Å². The van der Waals surface area contributed by atoms with Gasteiger partial charge in [-0.05, 0) is 260 Å². The molecule has 756 valence electrons. The van der Waals surface area contributed by atoms with Gasteiger partial charge in [0, 0.05) is 0 Å². The maximum Gasteiger partial charge on any atom is 0.425 e. The Labute approximate surface area is 842 Å². The van der Waals surface area contributed by atoms with Crippen LogP contribution in [-0.2, 0) is 41.6 Å². The second-order valence-electron chi connectivity index (χ2n) is 38.4. The Morgan fingerprint density at radius 2 is 0.643 bits per heavy atom. The van der Waals surface area contributed by atoms with Gasteiger partial charge in [-0.15, -0.1) is 59.7 Å². The van der Waals surface area contributed by atoms with E-state index in [1.165, 1.54) is 26.9 Å². The summed E-state index contributed by atoms with van der Waals surface area (Å²) in [6.45, 7) is 27.1. The topological polar surface area (TPSA) is 592 Å². The van der Waals surface area contributed by atoms with Crippen LogP contribution >= 0.6 is 71.3 Å². The van der Waals surface area contributed by atoms with Crippen LogP contribution in [0.5, 0.6) is 23.0 Å². The number of imide groups is 2. The van der Waals surface area contributed by atoms with E-state index in [2.05, 4.69) is 124 Å². The van der Waals surface area contributed by atoms with Crippen LogP contribution in [0.15, 0.2) is 68.8 Å². The summed E-state index contributed by atoms with van der Waals surface area (Å²) in [7, 11) is 2.63. The first-order valence-electron chi connectivity index (χ1n) is 45.0. The molecule has 140 heavy (non-hydrogen) atoms. The molecule has 12 heterocycles. The number of aromatic hydroxyl groups is 2. The number of carbonyl (C=O) groups excluding carboxylic acids is 8.